The summed E-state index contributed by atoms with van der Waals surface area (Å²) in [5.74, 6) is 0.209. The summed E-state index contributed by atoms with van der Waals surface area (Å²) in [7, 11) is 1.59. The van der Waals surface area contributed by atoms with Gasteiger partial charge < -0.3 is 14.3 Å². The van der Waals surface area contributed by atoms with Gasteiger partial charge in [-0.15, -0.1) is 10.2 Å². The van der Waals surface area contributed by atoms with E-state index in [-0.39, 0.29) is 12.3 Å². The van der Waals surface area contributed by atoms with Crippen molar-refractivity contribution in [2.24, 2.45) is 0 Å². The molecule has 1 heterocycles. The minimum Gasteiger partial charge on any atom is -0.496 e. The lowest BCUT2D eigenvalue weighted by atomic mass is 10.1. The van der Waals surface area contributed by atoms with Crippen molar-refractivity contribution in [3.8, 4) is 5.75 Å². The van der Waals surface area contributed by atoms with Crippen molar-refractivity contribution in [1.82, 2.24) is 10.2 Å². The number of carbonyl (C=O) groups is 1. The molecule has 0 unspecified atom stereocenters. The Morgan fingerprint density at radius 1 is 1.33 bits per heavy atom. The van der Waals surface area contributed by atoms with E-state index in [1.54, 1.807) is 7.11 Å². The Kier molecular flexibility index (Phi) is 3.57. The highest BCUT2D eigenvalue weighted by Crippen LogP contribution is 2.20. The maximum absolute atomic E-state index is 10.5. The van der Waals surface area contributed by atoms with Gasteiger partial charge in [0.15, 0.2) is 0 Å². The van der Waals surface area contributed by atoms with Crippen LogP contribution in [0, 0.1) is 0 Å². The number of ether oxygens (including phenoxy) is 1. The van der Waals surface area contributed by atoms with Crippen molar-refractivity contribution >= 4 is 5.97 Å². The Labute approximate surface area is 103 Å². The Hall–Kier alpha value is -2.37. The lowest BCUT2D eigenvalue weighted by Gasteiger charge is -2.05. The fourth-order valence-electron chi connectivity index (χ4n) is 1.57. The summed E-state index contributed by atoms with van der Waals surface area (Å²) in [6, 6.07) is 7.47. The van der Waals surface area contributed by atoms with E-state index in [9.17, 15) is 4.79 Å². The molecule has 18 heavy (non-hydrogen) atoms. The number of hydrogen-bond acceptors (Lipinski definition) is 5. The monoisotopic (exact) mass is 248 g/mol. The number of carboxylic acid groups (broad SMARTS) is 1. The Morgan fingerprint density at radius 2 is 2.06 bits per heavy atom. The van der Waals surface area contributed by atoms with Crippen LogP contribution < -0.4 is 4.74 Å². The molecule has 1 N–H and O–H groups in total. The van der Waals surface area contributed by atoms with Gasteiger partial charge in [0.2, 0.25) is 11.8 Å². The summed E-state index contributed by atoms with van der Waals surface area (Å²) < 4.78 is 10.4. The van der Waals surface area contributed by atoms with E-state index in [0.29, 0.717) is 12.3 Å². The molecule has 0 atom stereocenters. The van der Waals surface area contributed by atoms with Crippen LogP contribution in [0.2, 0.25) is 0 Å². The van der Waals surface area contributed by atoms with E-state index >= 15 is 0 Å². The SMILES string of the molecule is COc1ccccc1Cc1nnc(CC(=O)O)o1. The van der Waals surface area contributed by atoms with Gasteiger partial charge in [-0.05, 0) is 6.07 Å². The van der Waals surface area contributed by atoms with Crippen LogP contribution in [0.25, 0.3) is 0 Å². The van der Waals surface area contributed by atoms with E-state index in [2.05, 4.69) is 10.2 Å². The van der Waals surface area contributed by atoms with Crippen LogP contribution in [0.4, 0.5) is 0 Å². The number of para-hydroxylation sites is 1. The summed E-state index contributed by atoms with van der Waals surface area (Å²) in [5, 5.41) is 16.1. The summed E-state index contributed by atoms with van der Waals surface area (Å²) >= 11 is 0. The van der Waals surface area contributed by atoms with Crippen molar-refractivity contribution in [3.63, 3.8) is 0 Å². The molecule has 0 aliphatic heterocycles. The van der Waals surface area contributed by atoms with Crippen LogP contribution in [0.5, 0.6) is 5.75 Å². The van der Waals surface area contributed by atoms with Gasteiger partial charge in [0.05, 0.1) is 13.5 Å². The van der Waals surface area contributed by atoms with Crippen LogP contribution in [0.15, 0.2) is 28.7 Å². The lowest BCUT2D eigenvalue weighted by molar-refractivity contribution is -0.136. The first-order valence-electron chi connectivity index (χ1n) is 5.34. The van der Waals surface area contributed by atoms with Crippen LogP contribution in [0.1, 0.15) is 17.3 Å². The minimum absolute atomic E-state index is 0.104. The van der Waals surface area contributed by atoms with Crippen molar-refractivity contribution in [2.75, 3.05) is 7.11 Å². The van der Waals surface area contributed by atoms with Crippen molar-refractivity contribution in [1.29, 1.82) is 0 Å². The number of benzene rings is 1. The molecule has 0 bridgehead atoms. The highest BCUT2D eigenvalue weighted by Gasteiger charge is 2.12. The van der Waals surface area contributed by atoms with Gasteiger partial charge in [-0.1, -0.05) is 18.2 Å². The third-order valence-corrected chi connectivity index (χ3v) is 2.35. The molecular weight excluding hydrogens is 236 g/mol. The molecule has 0 aliphatic rings. The van der Waals surface area contributed by atoms with E-state index in [4.69, 9.17) is 14.3 Å². The number of rotatable bonds is 5. The molecule has 2 rings (SSSR count). The van der Waals surface area contributed by atoms with Crippen molar-refractivity contribution < 1.29 is 19.1 Å². The molecule has 0 fully saturated rings. The lowest BCUT2D eigenvalue weighted by Crippen LogP contribution is -1.99. The fraction of sp³-hybridized carbons (Fsp3) is 0.250. The first-order chi connectivity index (χ1) is 8.69. The van der Waals surface area contributed by atoms with Gasteiger partial charge in [0.25, 0.3) is 0 Å². The van der Waals surface area contributed by atoms with Gasteiger partial charge in [0, 0.05) is 5.56 Å². The largest absolute Gasteiger partial charge is 0.496 e. The number of aromatic nitrogens is 2. The zero-order valence-electron chi connectivity index (χ0n) is 9.79. The molecule has 0 radical (unpaired) electrons. The van der Waals surface area contributed by atoms with Crippen LogP contribution in [0.3, 0.4) is 0 Å². The Bertz CT molecular complexity index is 551. The Morgan fingerprint density at radius 3 is 2.78 bits per heavy atom. The third kappa shape index (κ3) is 2.85. The average molecular weight is 248 g/mol. The number of hydrogen-bond donors (Lipinski definition) is 1. The third-order valence-electron chi connectivity index (χ3n) is 2.35. The first kappa shape index (κ1) is 12.1. The summed E-state index contributed by atoms with van der Waals surface area (Å²) in [6.45, 7) is 0. The first-order valence-corrected chi connectivity index (χ1v) is 5.34. The van der Waals surface area contributed by atoms with Gasteiger partial charge in [-0.2, -0.15) is 0 Å². The second-order valence-corrected chi connectivity index (χ2v) is 3.65. The molecule has 0 saturated carbocycles. The molecular formula is C12H12N2O4. The van der Waals surface area contributed by atoms with E-state index in [1.165, 1.54) is 0 Å². The molecule has 2 aromatic rings. The number of aliphatic carboxylic acids is 1. The summed E-state index contributed by atoms with van der Waals surface area (Å²) in [5.41, 5.74) is 0.908. The maximum atomic E-state index is 10.5. The van der Waals surface area contributed by atoms with Crippen LogP contribution >= 0.6 is 0 Å². The van der Waals surface area contributed by atoms with E-state index in [0.717, 1.165) is 11.3 Å². The molecule has 0 aliphatic carbocycles. The van der Waals surface area contributed by atoms with E-state index < -0.39 is 5.97 Å². The molecule has 1 aromatic heterocycles. The van der Waals surface area contributed by atoms with Crippen LogP contribution in [-0.4, -0.2) is 28.4 Å². The number of nitrogens with zero attached hydrogens (tertiary/aromatic N) is 2. The molecule has 1 aromatic carbocycles. The topological polar surface area (TPSA) is 85.5 Å². The molecule has 6 nitrogen and oxygen atoms in total. The summed E-state index contributed by atoms with van der Waals surface area (Å²) in [6.07, 6.45) is 0.148. The molecule has 0 spiro atoms. The van der Waals surface area contributed by atoms with Gasteiger partial charge >= 0.3 is 5.97 Å². The molecule has 6 heteroatoms. The van der Waals surface area contributed by atoms with E-state index in [1.807, 2.05) is 24.3 Å². The van der Waals surface area contributed by atoms with Gasteiger partial charge in [-0.3, -0.25) is 4.79 Å². The average Bonchev–Trinajstić information content (AvgIpc) is 2.76. The molecule has 0 amide bonds. The predicted octanol–water partition coefficient (Wildman–Crippen LogP) is 1.30. The highest BCUT2D eigenvalue weighted by molar-refractivity contribution is 5.68. The van der Waals surface area contributed by atoms with Crippen molar-refractivity contribution in [2.45, 2.75) is 12.8 Å². The minimum atomic E-state index is -0.998. The summed E-state index contributed by atoms with van der Waals surface area (Å²) in [4.78, 5) is 10.5. The standard InChI is InChI=1S/C12H12N2O4/c1-17-9-5-3-2-4-8(9)6-10-13-14-11(18-10)7-12(15)16/h2-5H,6-7H2,1H3,(H,15,16). The molecule has 94 valence electrons. The van der Waals surface area contributed by atoms with Crippen LogP contribution in [-0.2, 0) is 17.6 Å². The fourth-order valence-corrected chi connectivity index (χ4v) is 1.57. The quantitative estimate of drug-likeness (QED) is 0.858. The van der Waals surface area contributed by atoms with Gasteiger partial charge in [-0.25, -0.2) is 0 Å². The molecule has 0 saturated heterocycles. The van der Waals surface area contributed by atoms with Crippen molar-refractivity contribution in [3.05, 3.63) is 41.6 Å². The maximum Gasteiger partial charge on any atom is 0.312 e. The normalized spacial score (nSPS) is 10.3. The second-order valence-electron chi connectivity index (χ2n) is 3.65. The zero-order valence-corrected chi connectivity index (χ0v) is 9.79. The highest BCUT2D eigenvalue weighted by atomic mass is 16.5. The van der Waals surface area contributed by atoms with Gasteiger partial charge in [0.1, 0.15) is 12.2 Å². The number of carboxylic acids is 1. The number of methoxy groups -OCH3 is 1. The zero-order chi connectivity index (χ0) is 13.0. The predicted molar refractivity (Wildman–Crippen MR) is 61.4 cm³/mol. The second kappa shape index (κ2) is 5.31. The Balaban J connectivity index is 2.13. The smallest absolute Gasteiger partial charge is 0.312 e.